The third-order valence-corrected chi connectivity index (χ3v) is 5.53. The van der Waals surface area contributed by atoms with E-state index in [1.807, 2.05) is 12.2 Å². The molecule has 0 aromatic heterocycles. The summed E-state index contributed by atoms with van der Waals surface area (Å²) in [5, 5.41) is 40.7. The van der Waals surface area contributed by atoms with E-state index in [-0.39, 0.29) is 43.2 Å². The van der Waals surface area contributed by atoms with Gasteiger partial charge < -0.3 is 25.7 Å². The molecule has 5 N–H and O–H groups in total. The Labute approximate surface area is 179 Å². The van der Waals surface area contributed by atoms with Crippen LogP contribution in [0.2, 0.25) is 0 Å². The monoisotopic (exact) mass is 425 g/mol. The van der Waals surface area contributed by atoms with Gasteiger partial charge in [0.1, 0.15) is 5.78 Å². The highest BCUT2D eigenvalue weighted by atomic mass is 16.3. The van der Waals surface area contributed by atoms with Crippen molar-refractivity contribution >= 4 is 11.7 Å². The second kappa shape index (κ2) is 15.3. The quantitative estimate of drug-likeness (QED) is 0.200. The number of allylic oxidation sites excluding steroid dienone is 2. The van der Waals surface area contributed by atoms with E-state index in [1.165, 1.54) is 0 Å². The van der Waals surface area contributed by atoms with Crippen molar-refractivity contribution < 1.29 is 30.0 Å². The van der Waals surface area contributed by atoms with Crippen LogP contribution in [-0.2, 0) is 9.59 Å². The third-order valence-electron chi connectivity index (χ3n) is 5.53. The summed E-state index contributed by atoms with van der Waals surface area (Å²) in [7, 11) is 0. The van der Waals surface area contributed by atoms with Crippen LogP contribution in [-0.4, -0.2) is 63.6 Å². The average Bonchev–Trinajstić information content (AvgIpc) is 2.99. The van der Waals surface area contributed by atoms with Crippen LogP contribution in [0.15, 0.2) is 24.3 Å². The molecule has 0 heterocycles. The Morgan fingerprint density at radius 2 is 1.93 bits per heavy atom. The van der Waals surface area contributed by atoms with Crippen molar-refractivity contribution in [1.29, 1.82) is 0 Å². The summed E-state index contributed by atoms with van der Waals surface area (Å²) >= 11 is 0. The van der Waals surface area contributed by atoms with Gasteiger partial charge >= 0.3 is 0 Å². The lowest BCUT2D eigenvalue weighted by Crippen LogP contribution is -2.39. The fourth-order valence-corrected chi connectivity index (χ4v) is 3.67. The van der Waals surface area contributed by atoms with Crippen molar-refractivity contribution in [2.24, 2.45) is 11.8 Å². The predicted molar refractivity (Wildman–Crippen MR) is 116 cm³/mol. The van der Waals surface area contributed by atoms with Gasteiger partial charge in [-0.2, -0.15) is 0 Å². The van der Waals surface area contributed by atoms with Gasteiger partial charge in [-0.1, -0.05) is 50.5 Å². The smallest absolute Gasteiger partial charge is 0.220 e. The van der Waals surface area contributed by atoms with E-state index in [2.05, 4.69) is 12.2 Å². The first kappa shape index (κ1) is 26.5. The molecule has 0 spiro atoms. The summed E-state index contributed by atoms with van der Waals surface area (Å²) < 4.78 is 0. The van der Waals surface area contributed by atoms with Crippen LogP contribution in [0.3, 0.4) is 0 Å². The van der Waals surface area contributed by atoms with Crippen molar-refractivity contribution in [3.05, 3.63) is 24.3 Å². The van der Waals surface area contributed by atoms with Gasteiger partial charge in [0.2, 0.25) is 5.91 Å². The molecule has 1 fully saturated rings. The first-order valence-electron chi connectivity index (χ1n) is 11.2. The molecule has 0 aliphatic heterocycles. The Morgan fingerprint density at radius 3 is 2.60 bits per heavy atom. The molecule has 0 saturated heterocycles. The van der Waals surface area contributed by atoms with Crippen molar-refractivity contribution in [2.75, 3.05) is 13.2 Å². The lowest BCUT2D eigenvalue weighted by atomic mass is 9.90. The average molecular weight is 426 g/mol. The molecule has 0 radical (unpaired) electrons. The van der Waals surface area contributed by atoms with Crippen molar-refractivity contribution in [2.45, 2.75) is 83.0 Å². The minimum absolute atomic E-state index is 0.0423. The Hall–Kier alpha value is -1.54. The van der Waals surface area contributed by atoms with Crippen LogP contribution in [0.4, 0.5) is 0 Å². The Kier molecular flexibility index (Phi) is 13.5. The maximum Gasteiger partial charge on any atom is 0.220 e. The number of hydrogen-bond acceptors (Lipinski definition) is 6. The highest BCUT2D eigenvalue weighted by Gasteiger charge is 2.39. The fourth-order valence-electron chi connectivity index (χ4n) is 3.67. The minimum atomic E-state index is -0.704. The standard InChI is InChI=1S/C23H39NO6/c1-2-3-6-9-18(27)12-13-20-19(21(28)14-22(20)29)10-7-4-5-8-11-23(30)24-17(15-25)16-26/h4,7,12-13,17-20,22,25-27,29H,2-3,5-6,8-11,14-16H2,1H3,(H,24,30)/b7-4+,13-12+/t18-,19+,20?,22+/m0/s1. The Balaban J connectivity index is 2.40. The summed E-state index contributed by atoms with van der Waals surface area (Å²) in [4.78, 5) is 23.9. The molecular formula is C23H39NO6. The summed E-state index contributed by atoms with van der Waals surface area (Å²) in [6, 6.07) is -0.622. The zero-order valence-electron chi connectivity index (χ0n) is 18.1. The second-order valence-electron chi connectivity index (χ2n) is 8.10. The van der Waals surface area contributed by atoms with Crippen LogP contribution < -0.4 is 5.32 Å². The lowest BCUT2D eigenvalue weighted by molar-refractivity contribution is -0.122. The zero-order valence-corrected chi connectivity index (χ0v) is 18.1. The normalized spacial score (nSPS) is 23.1. The second-order valence-corrected chi connectivity index (χ2v) is 8.10. The van der Waals surface area contributed by atoms with Crippen LogP contribution in [0.1, 0.15) is 64.7 Å². The molecule has 0 aromatic carbocycles. The minimum Gasteiger partial charge on any atom is -0.394 e. The van der Waals surface area contributed by atoms with Crippen LogP contribution in [0.25, 0.3) is 0 Å². The van der Waals surface area contributed by atoms with Crippen molar-refractivity contribution in [3.63, 3.8) is 0 Å². The molecule has 1 aliphatic carbocycles. The molecule has 172 valence electrons. The number of rotatable bonds is 15. The van der Waals surface area contributed by atoms with Gasteiger partial charge in [0.05, 0.1) is 31.5 Å². The maximum absolute atomic E-state index is 12.2. The van der Waals surface area contributed by atoms with E-state index in [9.17, 15) is 19.8 Å². The topological polar surface area (TPSA) is 127 Å². The molecule has 0 aromatic rings. The van der Waals surface area contributed by atoms with Gasteiger partial charge in [0.15, 0.2) is 0 Å². The number of hydrogen-bond donors (Lipinski definition) is 5. The molecule has 7 nitrogen and oxygen atoms in total. The number of unbranched alkanes of at least 4 members (excludes halogenated alkanes) is 3. The van der Waals surface area contributed by atoms with Gasteiger partial charge in [-0.3, -0.25) is 9.59 Å². The van der Waals surface area contributed by atoms with Gasteiger partial charge in [0, 0.05) is 24.7 Å². The first-order valence-corrected chi connectivity index (χ1v) is 11.2. The van der Waals surface area contributed by atoms with E-state index in [0.29, 0.717) is 32.1 Å². The number of ketones is 1. The van der Waals surface area contributed by atoms with Gasteiger partial charge in [0.25, 0.3) is 0 Å². The number of aliphatic hydroxyl groups is 4. The molecule has 1 saturated carbocycles. The molecular weight excluding hydrogens is 386 g/mol. The highest BCUT2D eigenvalue weighted by Crippen LogP contribution is 2.33. The Bertz CT molecular complexity index is 558. The van der Waals surface area contributed by atoms with Crippen LogP contribution in [0.5, 0.6) is 0 Å². The lowest BCUT2D eigenvalue weighted by Gasteiger charge is -2.16. The van der Waals surface area contributed by atoms with E-state index >= 15 is 0 Å². The summed E-state index contributed by atoms with van der Waals surface area (Å²) in [5.74, 6) is -0.731. The van der Waals surface area contributed by atoms with E-state index in [1.54, 1.807) is 12.2 Å². The number of amides is 1. The van der Waals surface area contributed by atoms with Crippen molar-refractivity contribution in [1.82, 2.24) is 5.32 Å². The summed E-state index contributed by atoms with van der Waals surface area (Å²) in [5.41, 5.74) is 0. The maximum atomic E-state index is 12.2. The molecule has 0 bridgehead atoms. The number of aliphatic hydroxyl groups excluding tert-OH is 4. The molecule has 30 heavy (non-hydrogen) atoms. The van der Waals surface area contributed by atoms with E-state index in [0.717, 1.165) is 19.3 Å². The molecule has 4 atom stereocenters. The van der Waals surface area contributed by atoms with Gasteiger partial charge in [-0.25, -0.2) is 0 Å². The zero-order chi connectivity index (χ0) is 22.4. The number of Topliss-reactive ketones (excluding diaryl/α,β-unsaturated/α-hetero) is 1. The number of nitrogens with one attached hydrogen (secondary N) is 1. The highest BCUT2D eigenvalue weighted by molar-refractivity contribution is 5.84. The first-order chi connectivity index (χ1) is 14.4. The van der Waals surface area contributed by atoms with Gasteiger partial charge in [-0.05, 0) is 25.7 Å². The molecule has 7 heteroatoms. The van der Waals surface area contributed by atoms with Gasteiger partial charge in [-0.15, -0.1) is 0 Å². The van der Waals surface area contributed by atoms with Crippen molar-refractivity contribution in [3.8, 4) is 0 Å². The van der Waals surface area contributed by atoms with E-state index < -0.39 is 18.2 Å². The van der Waals surface area contributed by atoms with E-state index in [4.69, 9.17) is 10.2 Å². The molecule has 1 amide bonds. The van der Waals surface area contributed by atoms with Crippen LogP contribution in [0, 0.1) is 11.8 Å². The molecule has 1 aliphatic rings. The SMILES string of the molecule is CCCCC[C@H](O)/C=C/C1[C@H](O)CC(=O)[C@@H]1C/C=C/CCCC(=O)NC(CO)CO. The molecule has 1 unspecified atom stereocenters. The summed E-state index contributed by atoms with van der Waals surface area (Å²) in [6.07, 6.45) is 12.2. The Morgan fingerprint density at radius 1 is 1.20 bits per heavy atom. The van der Waals surface area contributed by atoms with Crippen LogP contribution >= 0.6 is 0 Å². The largest absolute Gasteiger partial charge is 0.394 e. The fraction of sp³-hybridized carbons (Fsp3) is 0.739. The number of carbonyl (C=O) groups is 2. The summed E-state index contributed by atoms with van der Waals surface area (Å²) in [6.45, 7) is 1.52. The third kappa shape index (κ3) is 9.98. The number of carbonyl (C=O) groups excluding carboxylic acids is 2. The molecule has 1 rings (SSSR count). The predicted octanol–water partition coefficient (Wildman–Crippen LogP) is 1.64.